The standard InChI is InChI=1S/C14H27ClN4O2/c1-6-20-14(21-7-2)12(16-3)13-11(15)10-17-19(13)9-8-18(4)5/h10,12,14,16H,6-9H2,1-5H3. The normalized spacial score (nSPS) is 13.3. The quantitative estimate of drug-likeness (QED) is 0.666. The van der Waals surface area contributed by atoms with Crippen LogP contribution in [0.5, 0.6) is 0 Å². The van der Waals surface area contributed by atoms with Crippen LogP contribution in [0.15, 0.2) is 6.20 Å². The molecule has 1 N–H and O–H groups in total. The maximum atomic E-state index is 6.33. The fourth-order valence-corrected chi connectivity index (χ4v) is 2.38. The van der Waals surface area contributed by atoms with E-state index in [1.54, 1.807) is 6.20 Å². The SMILES string of the molecule is CCOC(OCC)C(NC)c1c(Cl)cnn1CCN(C)C. The molecule has 0 bridgehead atoms. The third-order valence-electron chi connectivity index (χ3n) is 3.13. The van der Waals surface area contributed by atoms with Crippen LogP contribution in [0, 0.1) is 0 Å². The summed E-state index contributed by atoms with van der Waals surface area (Å²) >= 11 is 6.33. The Kier molecular flexibility index (Phi) is 8.21. The van der Waals surface area contributed by atoms with Crippen LogP contribution in [0.3, 0.4) is 0 Å². The molecule has 0 aliphatic carbocycles. The lowest BCUT2D eigenvalue weighted by Gasteiger charge is -2.27. The van der Waals surface area contributed by atoms with Crippen molar-refractivity contribution >= 4 is 11.6 Å². The number of halogens is 1. The molecule has 0 spiro atoms. The van der Waals surface area contributed by atoms with E-state index in [-0.39, 0.29) is 6.04 Å². The monoisotopic (exact) mass is 318 g/mol. The zero-order valence-electron chi connectivity index (χ0n) is 13.6. The molecule has 122 valence electrons. The Morgan fingerprint density at radius 2 is 1.95 bits per heavy atom. The second-order valence-electron chi connectivity index (χ2n) is 4.95. The van der Waals surface area contributed by atoms with E-state index in [2.05, 4.69) is 15.3 Å². The first-order valence-corrected chi connectivity index (χ1v) is 7.69. The Morgan fingerprint density at radius 1 is 1.33 bits per heavy atom. The van der Waals surface area contributed by atoms with Crippen molar-refractivity contribution in [2.75, 3.05) is 40.9 Å². The number of ether oxygens (including phenoxy) is 2. The van der Waals surface area contributed by atoms with E-state index >= 15 is 0 Å². The van der Waals surface area contributed by atoms with Gasteiger partial charge in [-0.3, -0.25) is 4.68 Å². The molecular weight excluding hydrogens is 292 g/mol. The molecule has 7 heteroatoms. The first-order chi connectivity index (χ1) is 10.0. The largest absolute Gasteiger partial charge is 0.351 e. The summed E-state index contributed by atoms with van der Waals surface area (Å²) in [4.78, 5) is 2.11. The van der Waals surface area contributed by atoms with Gasteiger partial charge in [0.15, 0.2) is 6.29 Å². The molecule has 0 fully saturated rings. The average molecular weight is 319 g/mol. The summed E-state index contributed by atoms with van der Waals surface area (Å²) in [5.74, 6) is 0. The summed E-state index contributed by atoms with van der Waals surface area (Å²) in [6.45, 7) is 6.69. The highest BCUT2D eigenvalue weighted by atomic mass is 35.5. The summed E-state index contributed by atoms with van der Waals surface area (Å²) in [6.07, 6.45) is 1.28. The van der Waals surface area contributed by atoms with Crippen LogP contribution in [0.4, 0.5) is 0 Å². The van der Waals surface area contributed by atoms with Gasteiger partial charge in [0.1, 0.15) is 6.04 Å². The highest BCUT2D eigenvalue weighted by molar-refractivity contribution is 6.31. The predicted octanol–water partition coefficient (Wildman–Crippen LogP) is 1.76. The minimum atomic E-state index is -0.391. The van der Waals surface area contributed by atoms with Crippen LogP contribution in [-0.2, 0) is 16.0 Å². The van der Waals surface area contributed by atoms with Gasteiger partial charge in [0.25, 0.3) is 0 Å². The van der Waals surface area contributed by atoms with Crippen LogP contribution in [0.1, 0.15) is 25.6 Å². The van der Waals surface area contributed by atoms with Gasteiger partial charge in [-0.15, -0.1) is 0 Å². The van der Waals surface area contributed by atoms with Crippen molar-refractivity contribution in [3.05, 3.63) is 16.9 Å². The molecule has 0 aliphatic heterocycles. The van der Waals surface area contributed by atoms with Gasteiger partial charge < -0.3 is 19.7 Å². The zero-order chi connectivity index (χ0) is 15.8. The summed E-state index contributed by atoms with van der Waals surface area (Å²) in [7, 11) is 5.93. The number of likely N-dealkylation sites (N-methyl/N-ethyl adjacent to an activating group) is 2. The maximum absolute atomic E-state index is 6.33. The van der Waals surface area contributed by atoms with E-state index in [9.17, 15) is 0 Å². The van der Waals surface area contributed by atoms with Crippen molar-refractivity contribution in [3.63, 3.8) is 0 Å². The van der Waals surface area contributed by atoms with Gasteiger partial charge in [0.2, 0.25) is 0 Å². The number of nitrogens with one attached hydrogen (secondary N) is 1. The topological polar surface area (TPSA) is 51.6 Å². The molecule has 1 heterocycles. The minimum Gasteiger partial charge on any atom is -0.351 e. The lowest BCUT2D eigenvalue weighted by molar-refractivity contribution is -0.155. The molecule has 0 amide bonds. The zero-order valence-corrected chi connectivity index (χ0v) is 14.4. The van der Waals surface area contributed by atoms with Crippen LogP contribution in [-0.4, -0.2) is 61.9 Å². The van der Waals surface area contributed by atoms with E-state index in [4.69, 9.17) is 21.1 Å². The van der Waals surface area contributed by atoms with E-state index < -0.39 is 6.29 Å². The van der Waals surface area contributed by atoms with Gasteiger partial charge in [-0.1, -0.05) is 11.6 Å². The van der Waals surface area contributed by atoms with Crippen LogP contribution >= 0.6 is 11.6 Å². The Balaban J connectivity index is 2.99. The van der Waals surface area contributed by atoms with Crippen molar-refractivity contribution in [1.82, 2.24) is 20.0 Å². The molecule has 0 aromatic carbocycles. The summed E-state index contributed by atoms with van der Waals surface area (Å²) < 4.78 is 13.3. The first kappa shape index (κ1) is 18.4. The van der Waals surface area contributed by atoms with Gasteiger partial charge in [0.05, 0.1) is 23.5 Å². The Labute approximate surface area is 132 Å². The van der Waals surface area contributed by atoms with Crippen molar-refractivity contribution in [1.29, 1.82) is 0 Å². The highest BCUT2D eigenvalue weighted by Crippen LogP contribution is 2.27. The molecule has 1 rings (SSSR count). The third-order valence-corrected chi connectivity index (χ3v) is 3.42. The highest BCUT2D eigenvalue weighted by Gasteiger charge is 2.28. The molecule has 1 atom stereocenters. The molecule has 1 unspecified atom stereocenters. The van der Waals surface area contributed by atoms with Gasteiger partial charge in [-0.25, -0.2) is 0 Å². The van der Waals surface area contributed by atoms with Crippen molar-refractivity contribution in [2.24, 2.45) is 0 Å². The number of hydrogen-bond donors (Lipinski definition) is 1. The van der Waals surface area contributed by atoms with Crippen LogP contribution in [0.2, 0.25) is 5.02 Å². The fourth-order valence-electron chi connectivity index (χ4n) is 2.12. The first-order valence-electron chi connectivity index (χ1n) is 7.31. The Morgan fingerprint density at radius 3 is 2.43 bits per heavy atom. The second-order valence-corrected chi connectivity index (χ2v) is 5.36. The summed E-state index contributed by atoms with van der Waals surface area (Å²) in [5.41, 5.74) is 0.896. The third kappa shape index (κ3) is 5.23. The van der Waals surface area contributed by atoms with Gasteiger partial charge in [-0.05, 0) is 35.0 Å². The van der Waals surface area contributed by atoms with Crippen LogP contribution < -0.4 is 5.32 Å². The number of rotatable bonds is 10. The fraction of sp³-hybridized carbons (Fsp3) is 0.786. The predicted molar refractivity (Wildman–Crippen MR) is 84.6 cm³/mol. The molecule has 1 aromatic rings. The second kappa shape index (κ2) is 9.38. The maximum Gasteiger partial charge on any atom is 0.178 e. The molecule has 0 aliphatic rings. The van der Waals surface area contributed by atoms with Gasteiger partial charge in [0, 0.05) is 19.8 Å². The van der Waals surface area contributed by atoms with E-state index in [0.29, 0.717) is 18.2 Å². The average Bonchev–Trinajstić information content (AvgIpc) is 2.80. The van der Waals surface area contributed by atoms with Crippen molar-refractivity contribution in [3.8, 4) is 0 Å². The lowest BCUT2D eigenvalue weighted by Crippen LogP contribution is -2.36. The molecule has 1 aromatic heterocycles. The Hall–Kier alpha value is -0.660. The van der Waals surface area contributed by atoms with E-state index in [0.717, 1.165) is 18.8 Å². The smallest absolute Gasteiger partial charge is 0.178 e. The number of hydrogen-bond acceptors (Lipinski definition) is 5. The van der Waals surface area contributed by atoms with Crippen molar-refractivity contribution in [2.45, 2.75) is 32.7 Å². The van der Waals surface area contributed by atoms with E-state index in [1.807, 2.05) is 39.7 Å². The molecule has 6 nitrogen and oxygen atoms in total. The molecule has 0 saturated heterocycles. The summed E-state index contributed by atoms with van der Waals surface area (Å²) in [5, 5.41) is 8.22. The molecule has 0 saturated carbocycles. The van der Waals surface area contributed by atoms with Gasteiger partial charge in [-0.2, -0.15) is 5.10 Å². The van der Waals surface area contributed by atoms with Crippen LogP contribution in [0.25, 0.3) is 0 Å². The van der Waals surface area contributed by atoms with Crippen molar-refractivity contribution < 1.29 is 9.47 Å². The lowest BCUT2D eigenvalue weighted by atomic mass is 10.2. The minimum absolute atomic E-state index is 0.165. The number of nitrogens with zero attached hydrogens (tertiary/aromatic N) is 3. The molecule has 0 radical (unpaired) electrons. The van der Waals surface area contributed by atoms with E-state index in [1.165, 1.54) is 0 Å². The molecular formula is C14H27ClN4O2. The van der Waals surface area contributed by atoms with Gasteiger partial charge >= 0.3 is 0 Å². The summed E-state index contributed by atoms with van der Waals surface area (Å²) in [6, 6.07) is -0.165. The Bertz CT molecular complexity index is 406. The molecule has 21 heavy (non-hydrogen) atoms. The number of aromatic nitrogens is 2.